The van der Waals surface area contributed by atoms with Gasteiger partial charge in [0.15, 0.2) is 5.78 Å². The Kier molecular flexibility index (Phi) is 3.43. The van der Waals surface area contributed by atoms with Crippen LogP contribution in [0.15, 0.2) is 24.4 Å². The third-order valence-corrected chi connectivity index (χ3v) is 1.75. The third-order valence-electron chi connectivity index (χ3n) is 1.75. The largest absolute Gasteiger partial charge is 0.363 e. The highest BCUT2D eigenvalue weighted by atomic mass is 16.1. The van der Waals surface area contributed by atoms with E-state index in [0.717, 1.165) is 5.82 Å². The summed E-state index contributed by atoms with van der Waals surface area (Å²) >= 11 is 0. The molecule has 0 unspecified atom stereocenters. The Bertz CT molecular complexity index is 270. The molecule has 0 aromatic carbocycles. The number of aromatic nitrogens is 1. The first-order valence-corrected chi connectivity index (χ1v) is 4.38. The molecule has 3 heteroatoms. The number of carbonyl (C=O) groups excluding carboxylic acids is 1. The molecule has 0 fully saturated rings. The van der Waals surface area contributed by atoms with E-state index < -0.39 is 0 Å². The molecular formula is C10H14N2O. The van der Waals surface area contributed by atoms with Crippen molar-refractivity contribution >= 4 is 11.6 Å². The van der Waals surface area contributed by atoms with Crippen molar-refractivity contribution in [3.8, 4) is 0 Å². The summed E-state index contributed by atoms with van der Waals surface area (Å²) in [7, 11) is 0. The van der Waals surface area contributed by atoms with Gasteiger partial charge in [0.25, 0.3) is 0 Å². The molecule has 0 radical (unpaired) electrons. The van der Waals surface area contributed by atoms with Gasteiger partial charge in [-0.3, -0.25) is 4.79 Å². The summed E-state index contributed by atoms with van der Waals surface area (Å²) in [5.74, 6) is 1.03. The molecule has 1 heterocycles. The lowest BCUT2D eigenvalue weighted by atomic mass is 10.1. The number of Topliss-reactive ketones (excluding diaryl/α,β-unsaturated/α-hetero) is 1. The normalized spacial score (nSPS) is 10.1. The number of carbonyl (C=O) groups is 1. The van der Waals surface area contributed by atoms with Crippen molar-refractivity contribution in [3.63, 3.8) is 0 Å². The van der Waals surface area contributed by atoms with E-state index in [9.17, 15) is 4.79 Å². The highest BCUT2D eigenvalue weighted by Gasteiger charge is 2.05. The second kappa shape index (κ2) is 4.60. The second-order valence-corrected chi connectivity index (χ2v) is 3.19. The molecule has 0 bridgehead atoms. The van der Waals surface area contributed by atoms with Gasteiger partial charge in [-0.1, -0.05) is 19.9 Å². The summed E-state index contributed by atoms with van der Waals surface area (Å²) in [5.41, 5.74) is 0. The van der Waals surface area contributed by atoms with E-state index in [-0.39, 0.29) is 11.7 Å². The standard InChI is InChI=1S/C10H14N2O/c1-8(2)9(13)7-12-10-5-3-4-6-11-10/h3-6,8H,7H2,1-2H3,(H,11,12). The number of nitrogens with zero attached hydrogens (tertiary/aromatic N) is 1. The molecular weight excluding hydrogens is 164 g/mol. The van der Waals surface area contributed by atoms with Crippen LogP contribution in [0.1, 0.15) is 13.8 Å². The van der Waals surface area contributed by atoms with Crippen LogP contribution in [0.2, 0.25) is 0 Å². The van der Waals surface area contributed by atoms with Crippen molar-refractivity contribution in [2.45, 2.75) is 13.8 Å². The van der Waals surface area contributed by atoms with Gasteiger partial charge < -0.3 is 5.32 Å². The molecule has 0 amide bonds. The van der Waals surface area contributed by atoms with Crippen LogP contribution in [0.4, 0.5) is 5.82 Å². The molecule has 0 aliphatic rings. The van der Waals surface area contributed by atoms with Crippen LogP contribution in [0.25, 0.3) is 0 Å². The van der Waals surface area contributed by atoms with Crippen molar-refractivity contribution in [3.05, 3.63) is 24.4 Å². The van der Waals surface area contributed by atoms with Gasteiger partial charge >= 0.3 is 0 Å². The molecule has 1 aromatic heterocycles. The molecule has 1 N–H and O–H groups in total. The van der Waals surface area contributed by atoms with E-state index >= 15 is 0 Å². The zero-order chi connectivity index (χ0) is 9.68. The molecule has 1 rings (SSSR count). The third kappa shape index (κ3) is 3.23. The molecule has 3 nitrogen and oxygen atoms in total. The summed E-state index contributed by atoms with van der Waals surface area (Å²) < 4.78 is 0. The molecule has 0 aliphatic heterocycles. The Labute approximate surface area is 78.2 Å². The Hall–Kier alpha value is -1.38. The van der Waals surface area contributed by atoms with E-state index in [4.69, 9.17) is 0 Å². The fourth-order valence-electron chi connectivity index (χ4n) is 0.849. The first-order valence-electron chi connectivity index (χ1n) is 4.38. The first-order chi connectivity index (χ1) is 6.20. The topological polar surface area (TPSA) is 42.0 Å². The lowest BCUT2D eigenvalue weighted by molar-refractivity contribution is -0.120. The highest BCUT2D eigenvalue weighted by molar-refractivity contribution is 5.84. The molecule has 0 saturated heterocycles. The monoisotopic (exact) mass is 178 g/mol. The van der Waals surface area contributed by atoms with Gasteiger partial charge in [0.05, 0.1) is 6.54 Å². The predicted octanol–water partition coefficient (Wildman–Crippen LogP) is 1.72. The summed E-state index contributed by atoms with van der Waals surface area (Å²) in [6.07, 6.45) is 1.70. The number of pyridine rings is 1. The molecule has 0 saturated carbocycles. The molecule has 0 spiro atoms. The van der Waals surface area contributed by atoms with E-state index in [1.165, 1.54) is 0 Å². The molecule has 1 aromatic rings. The summed E-state index contributed by atoms with van der Waals surface area (Å²) in [6.45, 7) is 4.14. The number of hydrogen-bond acceptors (Lipinski definition) is 3. The zero-order valence-corrected chi connectivity index (χ0v) is 7.95. The zero-order valence-electron chi connectivity index (χ0n) is 7.95. The number of ketones is 1. The minimum absolute atomic E-state index is 0.0798. The highest BCUT2D eigenvalue weighted by Crippen LogP contribution is 2.00. The second-order valence-electron chi connectivity index (χ2n) is 3.19. The van der Waals surface area contributed by atoms with Gasteiger partial charge in [-0.15, -0.1) is 0 Å². The fraction of sp³-hybridized carbons (Fsp3) is 0.400. The van der Waals surface area contributed by atoms with E-state index in [1.807, 2.05) is 32.0 Å². The fourth-order valence-corrected chi connectivity index (χ4v) is 0.849. The van der Waals surface area contributed by atoms with Crippen molar-refractivity contribution in [2.75, 3.05) is 11.9 Å². The Morgan fingerprint density at radius 3 is 2.85 bits per heavy atom. The van der Waals surface area contributed by atoms with Gasteiger partial charge in [0.2, 0.25) is 0 Å². The van der Waals surface area contributed by atoms with Crippen molar-refractivity contribution in [2.24, 2.45) is 5.92 Å². The maximum absolute atomic E-state index is 11.2. The Morgan fingerprint density at radius 2 is 2.31 bits per heavy atom. The number of nitrogens with one attached hydrogen (secondary N) is 1. The van der Waals surface area contributed by atoms with Gasteiger partial charge in [-0.05, 0) is 12.1 Å². The van der Waals surface area contributed by atoms with Crippen LogP contribution in [-0.4, -0.2) is 17.3 Å². The van der Waals surface area contributed by atoms with Crippen molar-refractivity contribution in [1.29, 1.82) is 0 Å². The van der Waals surface area contributed by atoms with Crippen molar-refractivity contribution < 1.29 is 4.79 Å². The lowest BCUT2D eigenvalue weighted by Gasteiger charge is -2.05. The molecule has 0 atom stereocenters. The number of anilines is 1. The van der Waals surface area contributed by atoms with Crippen molar-refractivity contribution in [1.82, 2.24) is 4.98 Å². The van der Waals surface area contributed by atoms with Gasteiger partial charge in [0, 0.05) is 12.1 Å². The minimum atomic E-state index is 0.0798. The van der Waals surface area contributed by atoms with Crippen LogP contribution < -0.4 is 5.32 Å². The van der Waals surface area contributed by atoms with E-state index in [2.05, 4.69) is 10.3 Å². The minimum Gasteiger partial charge on any atom is -0.363 e. The van der Waals surface area contributed by atoms with Crippen LogP contribution in [0, 0.1) is 5.92 Å². The van der Waals surface area contributed by atoms with E-state index in [0.29, 0.717) is 6.54 Å². The maximum Gasteiger partial charge on any atom is 0.154 e. The SMILES string of the molecule is CC(C)C(=O)CNc1ccccn1. The first kappa shape index (κ1) is 9.71. The lowest BCUT2D eigenvalue weighted by Crippen LogP contribution is -2.19. The molecule has 0 aliphatic carbocycles. The smallest absolute Gasteiger partial charge is 0.154 e. The predicted molar refractivity (Wildman–Crippen MR) is 52.6 cm³/mol. The molecule has 13 heavy (non-hydrogen) atoms. The Morgan fingerprint density at radius 1 is 1.54 bits per heavy atom. The van der Waals surface area contributed by atoms with E-state index in [1.54, 1.807) is 6.20 Å². The van der Waals surface area contributed by atoms with Crippen LogP contribution in [0.5, 0.6) is 0 Å². The van der Waals surface area contributed by atoms with Gasteiger partial charge in [-0.2, -0.15) is 0 Å². The molecule has 70 valence electrons. The average Bonchev–Trinajstić information content (AvgIpc) is 2.15. The number of rotatable bonds is 4. The number of hydrogen-bond donors (Lipinski definition) is 1. The summed E-state index contributed by atoms with van der Waals surface area (Å²) in [5, 5.41) is 2.97. The van der Waals surface area contributed by atoms with Crippen LogP contribution >= 0.6 is 0 Å². The Balaban J connectivity index is 2.40. The summed E-state index contributed by atoms with van der Waals surface area (Å²) in [6, 6.07) is 5.57. The van der Waals surface area contributed by atoms with Crippen LogP contribution in [-0.2, 0) is 4.79 Å². The van der Waals surface area contributed by atoms with Gasteiger partial charge in [0.1, 0.15) is 5.82 Å². The average molecular weight is 178 g/mol. The maximum atomic E-state index is 11.2. The quantitative estimate of drug-likeness (QED) is 0.763. The van der Waals surface area contributed by atoms with Crippen LogP contribution in [0.3, 0.4) is 0 Å². The van der Waals surface area contributed by atoms with Gasteiger partial charge in [-0.25, -0.2) is 4.98 Å². The summed E-state index contributed by atoms with van der Waals surface area (Å²) in [4.78, 5) is 15.3.